The molecule has 1 aliphatic heterocycles. The van der Waals surface area contributed by atoms with Crippen LogP contribution in [0, 0.1) is 0 Å². The molecule has 0 spiro atoms. The number of Topliss-reactive ketones (excluding diaryl/α,β-unsaturated/α-hetero) is 1. The lowest BCUT2D eigenvalue weighted by Gasteiger charge is -2.24. The molecule has 2 heterocycles. The lowest BCUT2D eigenvalue weighted by molar-refractivity contribution is -0.132. The Bertz CT molecular complexity index is 1220. The van der Waals surface area contributed by atoms with Crippen LogP contribution >= 0.6 is 11.3 Å². The number of aromatic nitrogens is 1. The van der Waals surface area contributed by atoms with Gasteiger partial charge in [0.25, 0.3) is 5.78 Å². The van der Waals surface area contributed by atoms with Crippen molar-refractivity contribution in [2.24, 2.45) is 0 Å². The highest BCUT2D eigenvalue weighted by Crippen LogP contribution is 2.44. The highest BCUT2D eigenvalue weighted by molar-refractivity contribution is 7.14. The van der Waals surface area contributed by atoms with E-state index in [-0.39, 0.29) is 11.3 Å². The van der Waals surface area contributed by atoms with E-state index < -0.39 is 17.7 Å². The molecule has 3 aromatic rings. The molecule has 1 N–H and O–H groups in total. The first-order valence-corrected chi connectivity index (χ1v) is 11.6. The number of thiazole rings is 1. The summed E-state index contributed by atoms with van der Waals surface area (Å²) in [7, 11) is 1.54. The van der Waals surface area contributed by atoms with Crippen molar-refractivity contribution in [1.82, 2.24) is 4.98 Å². The maximum Gasteiger partial charge on any atom is 0.301 e. The molecule has 2 aromatic carbocycles. The summed E-state index contributed by atoms with van der Waals surface area (Å²) in [6, 6.07) is 10.9. The van der Waals surface area contributed by atoms with Gasteiger partial charge in [0.1, 0.15) is 11.5 Å². The van der Waals surface area contributed by atoms with Crippen molar-refractivity contribution >= 4 is 33.9 Å². The topological polar surface area (TPSA) is 98.2 Å². The molecule has 8 nitrogen and oxygen atoms in total. The molecule has 176 valence electrons. The van der Waals surface area contributed by atoms with Crippen LogP contribution < -0.4 is 19.1 Å². The minimum absolute atomic E-state index is 0.0306. The third kappa shape index (κ3) is 4.22. The minimum atomic E-state index is -0.900. The van der Waals surface area contributed by atoms with Crippen molar-refractivity contribution < 1.29 is 28.9 Å². The Hall–Kier alpha value is -3.85. The minimum Gasteiger partial charge on any atom is -0.507 e. The molecule has 34 heavy (non-hydrogen) atoms. The first-order valence-electron chi connectivity index (χ1n) is 10.7. The average Bonchev–Trinajstić information content (AvgIpc) is 3.47. The van der Waals surface area contributed by atoms with Crippen LogP contribution in [0.3, 0.4) is 0 Å². The zero-order valence-electron chi connectivity index (χ0n) is 19.0. The first-order chi connectivity index (χ1) is 16.5. The predicted molar refractivity (Wildman–Crippen MR) is 129 cm³/mol. The van der Waals surface area contributed by atoms with Gasteiger partial charge in [0.2, 0.25) is 0 Å². The van der Waals surface area contributed by atoms with E-state index in [0.29, 0.717) is 46.7 Å². The average molecular weight is 481 g/mol. The second-order valence-corrected chi connectivity index (χ2v) is 8.16. The molecule has 9 heteroatoms. The number of ketones is 1. The number of aliphatic hydroxyl groups is 1. The first kappa shape index (κ1) is 23.3. The molecule has 1 aromatic heterocycles. The summed E-state index contributed by atoms with van der Waals surface area (Å²) in [6.45, 7) is 4.58. The number of hydrogen-bond donors (Lipinski definition) is 1. The largest absolute Gasteiger partial charge is 0.507 e. The molecule has 1 saturated heterocycles. The van der Waals surface area contributed by atoms with Crippen molar-refractivity contribution in [3.63, 3.8) is 0 Å². The van der Waals surface area contributed by atoms with E-state index >= 15 is 0 Å². The summed E-state index contributed by atoms with van der Waals surface area (Å²) in [4.78, 5) is 31.9. The van der Waals surface area contributed by atoms with Crippen molar-refractivity contribution in [1.29, 1.82) is 0 Å². The van der Waals surface area contributed by atoms with E-state index in [1.54, 1.807) is 54.0 Å². The Morgan fingerprint density at radius 3 is 2.38 bits per heavy atom. The predicted octanol–water partition coefficient (Wildman–Crippen LogP) is 4.58. The van der Waals surface area contributed by atoms with Crippen molar-refractivity contribution in [2.75, 3.05) is 25.2 Å². The fourth-order valence-corrected chi connectivity index (χ4v) is 4.49. The zero-order valence-corrected chi connectivity index (χ0v) is 19.8. The van der Waals surface area contributed by atoms with Gasteiger partial charge in [-0.15, -0.1) is 11.3 Å². The standard InChI is InChI=1S/C25H24N2O6S/c1-4-32-18-11-8-16(14-19(18)33-5-2)21-20(22(28)15-6-9-17(31-3)10-7-15)23(29)24(30)27(21)25-26-12-13-34-25/h6-14,21,28H,4-5H2,1-3H3/b22-20+. The van der Waals surface area contributed by atoms with Gasteiger partial charge in [-0.05, 0) is 55.8 Å². The van der Waals surface area contributed by atoms with E-state index in [1.807, 2.05) is 13.8 Å². The Labute approximate surface area is 201 Å². The molecular formula is C25H24N2O6S. The van der Waals surface area contributed by atoms with Gasteiger partial charge >= 0.3 is 5.91 Å². The third-order valence-electron chi connectivity index (χ3n) is 5.32. The van der Waals surface area contributed by atoms with Gasteiger partial charge in [-0.25, -0.2) is 4.98 Å². The van der Waals surface area contributed by atoms with E-state index in [9.17, 15) is 14.7 Å². The van der Waals surface area contributed by atoms with Gasteiger partial charge < -0.3 is 19.3 Å². The van der Waals surface area contributed by atoms with Gasteiger partial charge in [0.05, 0.1) is 31.9 Å². The third-order valence-corrected chi connectivity index (χ3v) is 6.09. The Morgan fingerprint density at radius 1 is 1.06 bits per heavy atom. The Balaban J connectivity index is 1.90. The number of carbonyl (C=O) groups excluding carboxylic acids is 2. The quantitative estimate of drug-likeness (QED) is 0.286. The molecule has 0 aliphatic carbocycles. The summed E-state index contributed by atoms with van der Waals surface area (Å²) in [6.07, 6.45) is 1.56. The Kier molecular flexibility index (Phi) is 6.83. The summed E-state index contributed by atoms with van der Waals surface area (Å²) >= 11 is 1.23. The number of anilines is 1. The molecule has 0 bridgehead atoms. The normalized spacial score (nSPS) is 17.1. The summed E-state index contributed by atoms with van der Waals surface area (Å²) < 4.78 is 16.6. The van der Waals surface area contributed by atoms with Crippen molar-refractivity contribution in [3.8, 4) is 17.2 Å². The molecule has 1 unspecified atom stereocenters. The highest BCUT2D eigenvalue weighted by Gasteiger charge is 2.48. The van der Waals surface area contributed by atoms with Crippen molar-refractivity contribution in [2.45, 2.75) is 19.9 Å². The van der Waals surface area contributed by atoms with Crippen LogP contribution in [-0.4, -0.2) is 42.1 Å². The lowest BCUT2D eigenvalue weighted by atomic mass is 9.95. The summed E-state index contributed by atoms with van der Waals surface area (Å²) in [5, 5.41) is 13.3. The van der Waals surface area contributed by atoms with Gasteiger partial charge in [-0.1, -0.05) is 6.07 Å². The molecule has 1 fully saturated rings. The molecule has 0 saturated carbocycles. The van der Waals surface area contributed by atoms with Crippen molar-refractivity contribution in [3.05, 3.63) is 70.7 Å². The molecule has 1 atom stereocenters. The van der Waals surface area contributed by atoms with Crippen LogP contribution in [0.5, 0.6) is 17.2 Å². The van der Waals surface area contributed by atoms with Crippen LogP contribution in [-0.2, 0) is 9.59 Å². The second-order valence-electron chi connectivity index (χ2n) is 7.28. The fraction of sp³-hybridized carbons (Fsp3) is 0.240. The fourth-order valence-electron chi connectivity index (χ4n) is 3.82. The van der Waals surface area contributed by atoms with E-state index in [4.69, 9.17) is 14.2 Å². The number of ether oxygens (including phenoxy) is 3. The molecule has 1 amide bonds. The van der Waals surface area contributed by atoms with Gasteiger partial charge in [-0.2, -0.15) is 0 Å². The number of methoxy groups -OCH3 is 1. The SMILES string of the molecule is CCOc1ccc(C2/C(=C(\O)c3ccc(OC)cc3)C(=O)C(=O)N2c2nccs2)cc1OCC. The summed E-state index contributed by atoms with van der Waals surface area (Å²) in [5.41, 5.74) is 0.937. The number of nitrogens with zero attached hydrogens (tertiary/aromatic N) is 2. The summed E-state index contributed by atoms with van der Waals surface area (Å²) in [5.74, 6) is -0.200. The zero-order chi connectivity index (χ0) is 24.2. The van der Waals surface area contributed by atoms with Gasteiger partial charge in [0, 0.05) is 17.1 Å². The van der Waals surface area contributed by atoms with Gasteiger partial charge in [-0.3, -0.25) is 14.5 Å². The lowest BCUT2D eigenvalue weighted by Crippen LogP contribution is -2.29. The van der Waals surface area contributed by atoms with Crippen LogP contribution in [0.1, 0.15) is 31.0 Å². The number of aliphatic hydroxyl groups excluding tert-OH is 1. The van der Waals surface area contributed by atoms with Crippen LogP contribution in [0.15, 0.2) is 59.6 Å². The number of amides is 1. The van der Waals surface area contributed by atoms with Crippen LogP contribution in [0.25, 0.3) is 5.76 Å². The monoisotopic (exact) mass is 480 g/mol. The van der Waals surface area contributed by atoms with E-state index in [1.165, 1.54) is 23.3 Å². The molecular weight excluding hydrogens is 456 g/mol. The number of hydrogen-bond acceptors (Lipinski definition) is 8. The van der Waals surface area contributed by atoms with Crippen LogP contribution in [0.4, 0.5) is 5.13 Å². The van der Waals surface area contributed by atoms with E-state index in [2.05, 4.69) is 4.98 Å². The maximum atomic E-state index is 13.2. The Morgan fingerprint density at radius 2 is 1.76 bits per heavy atom. The maximum absolute atomic E-state index is 13.2. The number of benzene rings is 2. The van der Waals surface area contributed by atoms with Crippen LogP contribution in [0.2, 0.25) is 0 Å². The molecule has 4 rings (SSSR count). The number of carbonyl (C=O) groups is 2. The highest BCUT2D eigenvalue weighted by atomic mass is 32.1. The van der Waals surface area contributed by atoms with Gasteiger partial charge in [0.15, 0.2) is 16.6 Å². The second kappa shape index (κ2) is 9.96. The molecule has 1 aliphatic rings. The van der Waals surface area contributed by atoms with E-state index in [0.717, 1.165) is 0 Å². The smallest absolute Gasteiger partial charge is 0.301 e. The molecule has 0 radical (unpaired) electrons. The number of rotatable bonds is 8.